The summed E-state index contributed by atoms with van der Waals surface area (Å²) in [5.74, 6) is 6.29. The number of aromatic nitrogens is 2. The first-order valence-corrected chi connectivity index (χ1v) is 8.87. The molecule has 0 bridgehead atoms. The van der Waals surface area contributed by atoms with Crippen molar-refractivity contribution < 1.29 is 4.52 Å². The summed E-state index contributed by atoms with van der Waals surface area (Å²) in [6.45, 7) is 5.32. The molecule has 1 aliphatic heterocycles. The van der Waals surface area contributed by atoms with Crippen LogP contribution in [0.4, 0.5) is 0 Å². The van der Waals surface area contributed by atoms with E-state index in [1.165, 1.54) is 6.42 Å². The van der Waals surface area contributed by atoms with Crippen LogP contribution in [-0.4, -0.2) is 40.0 Å². The van der Waals surface area contributed by atoms with Gasteiger partial charge in [-0.3, -0.25) is 0 Å². The van der Waals surface area contributed by atoms with E-state index in [0.717, 1.165) is 41.3 Å². The van der Waals surface area contributed by atoms with Gasteiger partial charge in [0.15, 0.2) is 5.82 Å². The van der Waals surface area contributed by atoms with Crippen LogP contribution in [0.25, 0.3) is 0 Å². The molecule has 18 heavy (non-hydrogen) atoms. The predicted molar refractivity (Wildman–Crippen MR) is 78.3 cm³/mol. The minimum absolute atomic E-state index is 0.382. The fourth-order valence-corrected chi connectivity index (χ4v) is 4.15. The molecule has 0 spiro atoms. The molecular formula is C12H21N3OS2. The second-order valence-corrected chi connectivity index (χ2v) is 6.59. The summed E-state index contributed by atoms with van der Waals surface area (Å²) in [6.07, 6.45) is 1.19. The molecule has 0 amide bonds. The number of nitrogens with zero attached hydrogens (tertiary/aromatic N) is 2. The highest BCUT2D eigenvalue weighted by atomic mass is 32.2. The Labute approximate surface area is 117 Å². The van der Waals surface area contributed by atoms with Crippen LogP contribution < -0.4 is 5.32 Å². The van der Waals surface area contributed by atoms with Crippen molar-refractivity contribution in [3.05, 3.63) is 11.7 Å². The van der Waals surface area contributed by atoms with Crippen molar-refractivity contribution >= 4 is 23.5 Å². The zero-order valence-corrected chi connectivity index (χ0v) is 12.6. The van der Waals surface area contributed by atoms with Crippen LogP contribution in [0.15, 0.2) is 4.52 Å². The Bertz CT molecular complexity index is 359. The van der Waals surface area contributed by atoms with Crippen molar-refractivity contribution in [2.45, 2.75) is 38.0 Å². The summed E-state index contributed by atoms with van der Waals surface area (Å²) in [4.78, 5) is 4.54. The van der Waals surface area contributed by atoms with E-state index in [9.17, 15) is 0 Å². The molecule has 0 aliphatic carbocycles. The number of hydrogen-bond donors (Lipinski definition) is 1. The number of nitrogens with one attached hydrogen (secondary N) is 1. The molecule has 2 atom stereocenters. The van der Waals surface area contributed by atoms with E-state index in [-0.39, 0.29) is 0 Å². The summed E-state index contributed by atoms with van der Waals surface area (Å²) in [6, 6.07) is 0.483. The van der Waals surface area contributed by atoms with E-state index in [1.54, 1.807) is 0 Å². The molecule has 2 unspecified atom stereocenters. The lowest BCUT2D eigenvalue weighted by molar-refractivity contribution is 0.338. The molecule has 102 valence electrons. The van der Waals surface area contributed by atoms with Crippen LogP contribution in [0.2, 0.25) is 0 Å². The summed E-state index contributed by atoms with van der Waals surface area (Å²) in [5, 5.41) is 7.58. The third-order valence-corrected chi connectivity index (χ3v) is 5.28. The van der Waals surface area contributed by atoms with E-state index in [2.05, 4.69) is 29.3 Å². The lowest BCUT2D eigenvalue weighted by Gasteiger charge is -2.15. The molecule has 1 fully saturated rings. The molecule has 2 heterocycles. The Morgan fingerprint density at radius 3 is 3.11 bits per heavy atom. The Morgan fingerprint density at radius 1 is 1.44 bits per heavy atom. The van der Waals surface area contributed by atoms with Crippen LogP contribution >= 0.6 is 23.5 Å². The van der Waals surface area contributed by atoms with Crippen LogP contribution in [0.1, 0.15) is 37.9 Å². The average Bonchev–Trinajstić information content (AvgIpc) is 2.98. The first-order valence-electron chi connectivity index (χ1n) is 6.56. The molecule has 0 radical (unpaired) electrons. The van der Waals surface area contributed by atoms with Gasteiger partial charge in [0.2, 0.25) is 5.89 Å². The van der Waals surface area contributed by atoms with Crippen molar-refractivity contribution in [2.24, 2.45) is 0 Å². The van der Waals surface area contributed by atoms with Crippen molar-refractivity contribution in [2.75, 3.05) is 23.8 Å². The molecule has 1 saturated heterocycles. The van der Waals surface area contributed by atoms with Gasteiger partial charge in [-0.25, -0.2) is 0 Å². The highest BCUT2D eigenvalue weighted by molar-refractivity contribution is 7.99. The maximum absolute atomic E-state index is 5.43. The van der Waals surface area contributed by atoms with Crippen molar-refractivity contribution in [1.29, 1.82) is 0 Å². The minimum Gasteiger partial charge on any atom is -0.339 e. The van der Waals surface area contributed by atoms with Crippen molar-refractivity contribution in [3.63, 3.8) is 0 Å². The molecule has 1 aliphatic rings. The predicted octanol–water partition coefficient (Wildman–Crippen LogP) is 2.52. The molecule has 0 saturated carbocycles. The van der Waals surface area contributed by atoms with Crippen LogP contribution in [-0.2, 0) is 5.75 Å². The standard InChI is InChI=1S/C12H21N3OS2/c1-3-5-17-8-11-14-12(16-15-11)9-6-18-7-10(9)13-4-2/h9-10,13H,3-8H2,1-2H3. The molecule has 4 nitrogen and oxygen atoms in total. The van der Waals surface area contributed by atoms with E-state index < -0.39 is 0 Å². The summed E-state index contributed by atoms with van der Waals surface area (Å²) in [5.41, 5.74) is 0. The van der Waals surface area contributed by atoms with Gasteiger partial charge in [-0.1, -0.05) is 19.0 Å². The van der Waals surface area contributed by atoms with Crippen LogP contribution in [0.5, 0.6) is 0 Å². The second-order valence-electron chi connectivity index (χ2n) is 4.41. The van der Waals surface area contributed by atoms with Gasteiger partial charge < -0.3 is 9.84 Å². The van der Waals surface area contributed by atoms with Crippen molar-refractivity contribution in [3.8, 4) is 0 Å². The molecule has 1 aromatic rings. The molecule has 2 rings (SSSR count). The van der Waals surface area contributed by atoms with Crippen LogP contribution in [0.3, 0.4) is 0 Å². The molecule has 6 heteroatoms. The number of likely N-dealkylation sites (N-methyl/N-ethyl adjacent to an activating group) is 1. The lowest BCUT2D eigenvalue weighted by atomic mass is 10.0. The van der Waals surface area contributed by atoms with Gasteiger partial charge in [-0.05, 0) is 18.7 Å². The van der Waals surface area contributed by atoms with Gasteiger partial charge in [0.1, 0.15) is 0 Å². The van der Waals surface area contributed by atoms with E-state index in [0.29, 0.717) is 12.0 Å². The fourth-order valence-electron chi connectivity index (χ4n) is 2.05. The fraction of sp³-hybridized carbons (Fsp3) is 0.833. The van der Waals surface area contributed by atoms with E-state index >= 15 is 0 Å². The van der Waals surface area contributed by atoms with Crippen molar-refractivity contribution in [1.82, 2.24) is 15.5 Å². The SMILES string of the molecule is CCCSCc1noc(C2CSCC2NCC)n1. The highest BCUT2D eigenvalue weighted by Gasteiger charge is 2.32. The second kappa shape index (κ2) is 7.40. The van der Waals surface area contributed by atoms with E-state index in [4.69, 9.17) is 4.52 Å². The Hall–Kier alpha value is -0.200. The zero-order valence-electron chi connectivity index (χ0n) is 11.0. The number of thioether (sulfide) groups is 2. The average molecular weight is 287 g/mol. The smallest absolute Gasteiger partial charge is 0.232 e. The summed E-state index contributed by atoms with van der Waals surface area (Å²) in [7, 11) is 0. The van der Waals surface area contributed by atoms with Gasteiger partial charge in [0.05, 0.1) is 11.7 Å². The maximum atomic E-state index is 5.43. The zero-order chi connectivity index (χ0) is 12.8. The van der Waals surface area contributed by atoms with Gasteiger partial charge >= 0.3 is 0 Å². The third-order valence-electron chi connectivity index (χ3n) is 2.93. The normalized spacial score (nSPS) is 23.7. The Kier molecular flexibility index (Phi) is 5.85. The quantitative estimate of drug-likeness (QED) is 0.778. The third kappa shape index (κ3) is 3.65. The first kappa shape index (κ1) is 14.2. The van der Waals surface area contributed by atoms with Gasteiger partial charge in [-0.2, -0.15) is 28.5 Å². The lowest BCUT2D eigenvalue weighted by Crippen LogP contribution is -2.34. The molecule has 1 aromatic heterocycles. The first-order chi connectivity index (χ1) is 8.85. The number of rotatable bonds is 7. The Morgan fingerprint density at radius 2 is 2.33 bits per heavy atom. The molecular weight excluding hydrogens is 266 g/mol. The molecule has 0 aromatic carbocycles. The molecule has 1 N–H and O–H groups in total. The van der Waals surface area contributed by atoms with Gasteiger partial charge in [-0.15, -0.1) is 0 Å². The van der Waals surface area contributed by atoms with E-state index in [1.807, 2.05) is 23.5 Å². The Balaban J connectivity index is 1.92. The van der Waals surface area contributed by atoms with Gasteiger partial charge in [0.25, 0.3) is 0 Å². The maximum Gasteiger partial charge on any atom is 0.232 e. The van der Waals surface area contributed by atoms with Crippen LogP contribution in [0, 0.1) is 0 Å². The topological polar surface area (TPSA) is 51.0 Å². The summed E-state index contributed by atoms with van der Waals surface area (Å²) >= 11 is 3.83. The highest BCUT2D eigenvalue weighted by Crippen LogP contribution is 2.32. The van der Waals surface area contributed by atoms with Gasteiger partial charge in [0, 0.05) is 17.5 Å². The largest absolute Gasteiger partial charge is 0.339 e. The number of hydrogen-bond acceptors (Lipinski definition) is 6. The summed E-state index contributed by atoms with van der Waals surface area (Å²) < 4.78 is 5.43. The minimum atomic E-state index is 0.382. The monoisotopic (exact) mass is 287 g/mol.